The second kappa shape index (κ2) is 15.3. The van der Waals surface area contributed by atoms with E-state index in [1.54, 1.807) is 0 Å². The normalized spacial score (nSPS) is 15.6. The molecule has 0 aromatic heterocycles. The molecule has 0 aromatic rings. The average Bonchev–Trinajstić information content (AvgIpc) is 3.20. The van der Waals surface area contributed by atoms with Gasteiger partial charge >= 0.3 is 37.2 Å². The van der Waals surface area contributed by atoms with Crippen LogP contribution in [0.1, 0.15) is 53.4 Å². The summed E-state index contributed by atoms with van der Waals surface area (Å²) in [5.41, 5.74) is -5.63. The van der Waals surface area contributed by atoms with E-state index in [0.717, 1.165) is 12.8 Å². The first-order valence-corrected chi connectivity index (χ1v) is 11.6. The van der Waals surface area contributed by atoms with Crippen molar-refractivity contribution in [3.8, 4) is 0 Å². The molecule has 2 rings (SSSR count). The van der Waals surface area contributed by atoms with E-state index in [9.17, 15) is 26.3 Å². The third-order valence-corrected chi connectivity index (χ3v) is 4.86. The van der Waals surface area contributed by atoms with Crippen LogP contribution in [0.4, 0.5) is 26.3 Å². The molecule has 0 spiro atoms. The Balaban J connectivity index is -0.000000360. The van der Waals surface area contributed by atoms with Gasteiger partial charge in [0.1, 0.15) is 0 Å². The molecule has 2 aliphatic rings. The molecule has 0 aromatic carbocycles. The first-order chi connectivity index (χ1) is 14.2. The quantitative estimate of drug-likeness (QED) is 0.189. The molecule has 0 fully saturated rings. The van der Waals surface area contributed by atoms with Crippen LogP contribution in [0.5, 0.6) is 0 Å². The molecular weight excluding hydrogens is 582 g/mol. The van der Waals surface area contributed by atoms with Gasteiger partial charge in [-0.3, -0.25) is 12.2 Å². The van der Waals surface area contributed by atoms with Crippen molar-refractivity contribution in [2.45, 2.75) is 64.4 Å². The minimum Gasteiger partial charge on any atom is -0.741 e. The van der Waals surface area contributed by atoms with Gasteiger partial charge in [-0.1, -0.05) is 40.5 Å². The number of rotatable bonds is 2. The maximum absolute atomic E-state index is 10.7. The van der Waals surface area contributed by atoms with Gasteiger partial charge < -0.3 is 9.11 Å². The van der Waals surface area contributed by atoms with Gasteiger partial charge in [0.2, 0.25) is 0 Å². The zero-order chi connectivity index (χ0) is 26.0. The van der Waals surface area contributed by atoms with Crippen molar-refractivity contribution in [1.29, 1.82) is 0 Å². The summed E-state index contributed by atoms with van der Waals surface area (Å²) in [6.07, 6.45) is 15.4. The number of allylic oxidation sites excluding steroid dienone is 8. The molecule has 6 nitrogen and oxygen atoms in total. The third-order valence-electron chi connectivity index (χ3n) is 3.72. The molecule has 0 N–H and O–H groups in total. The number of alkyl halides is 6. The van der Waals surface area contributed by atoms with Crippen LogP contribution >= 0.6 is 0 Å². The Hall–Kier alpha value is -0.757. The maximum Gasteiger partial charge on any atom is 2.00 e. The summed E-state index contributed by atoms with van der Waals surface area (Å²) < 4.78 is 118. The van der Waals surface area contributed by atoms with Crippen LogP contribution in [0.15, 0.2) is 34.4 Å². The van der Waals surface area contributed by atoms with Crippen molar-refractivity contribution in [2.75, 3.05) is 0 Å². The summed E-state index contributed by atoms with van der Waals surface area (Å²) in [5.74, 6) is 0. The Labute approximate surface area is 209 Å². The van der Waals surface area contributed by atoms with Crippen molar-refractivity contribution in [3.05, 3.63) is 46.6 Å². The zero-order valence-electron chi connectivity index (χ0n) is 18.0. The second-order valence-electron chi connectivity index (χ2n) is 5.98. The summed E-state index contributed by atoms with van der Waals surface area (Å²) >= 11 is 0. The predicted octanol–water partition coefficient (Wildman–Crippen LogP) is 5.05. The smallest absolute Gasteiger partial charge is 0.741 e. The Kier molecular flexibility index (Phi) is 17.0. The Bertz CT molecular complexity index is 866. The van der Waals surface area contributed by atoms with Gasteiger partial charge in [0.05, 0.1) is 0 Å². The van der Waals surface area contributed by atoms with Crippen LogP contribution < -0.4 is 0 Å². The molecule has 0 aliphatic heterocycles. The van der Waals surface area contributed by atoms with Gasteiger partial charge in [-0.05, 0) is 0 Å². The van der Waals surface area contributed by atoms with Crippen LogP contribution in [0, 0.1) is 12.2 Å². The summed E-state index contributed by atoms with van der Waals surface area (Å²) in [6.45, 7) is 8.62. The summed E-state index contributed by atoms with van der Waals surface area (Å²) in [6, 6.07) is 0. The maximum atomic E-state index is 10.7. The molecule has 0 bridgehead atoms. The fraction of sp³-hybridized carbons (Fsp3) is 0.556. The summed E-state index contributed by atoms with van der Waals surface area (Å²) in [4.78, 5) is 0. The van der Waals surface area contributed by atoms with Gasteiger partial charge in [0.15, 0.2) is 20.2 Å². The Morgan fingerprint density at radius 2 is 0.970 bits per heavy atom. The van der Waals surface area contributed by atoms with Crippen molar-refractivity contribution in [1.82, 2.24) is 0 Å². The van der Waals surface area contributed by atoms with E-state index in [1.807, 2.05) is 0 Å². The molecule has 0 saturated heterocycles. The van der Waals surface area contributed by atoms with Gasteiger partial charge in [-0.25, -0.2) is 28.0 Å². The molecule has 33 heavy (non-hydrogen) atoms. The molecule has 0 heterocycles. The van der Waals surface area contributed by atoms with Crippen LogP contribution in [0.2, 0.25) is 0 Å². The SMILES string of the molecule is CCC1=CC[C-]=C1C.CCC1=CC[C-]=C1C.O=S(=O)([O-])C(F)(F)F.O=S(=O)([O-])C(F)(F)F.[Zr+2]. The van der Waals surface area contributed by atoms with Crippen LogP contribution in [0.25, 0.3) is 0 Å². The molecule has 0 amide bonds. The van der Waals surface area contributed by atoms with E-state index in [1.165, 1.54) is 35.1 Å². The van der Waals surface area contributed by atoms with Crippen LogP contribution in [-0.4, -0.2) is 37.0 Å². The van der Waals surface area contributed by atoms with Gasteiger partial charge in [-0.15, -0.1) is 12.8 Å². The standard InChI is InChI=1S/2C8H11.2CHF3O3S.Zr/c2*1-3-8-6-4-5-7(8)2;2*2-1(3,4)8(5,6)7;/h2*6H,3-4H2,1-2H3;2*(H,5,6,7);/q2*-1;;;+2/p-2. The van der Waals surface area contributed by atoms with E-state index in [0.29, 0.717) is 0 Å². The minimum absolute atomic E-state index is 0. The number of hydrogen-bond donors (Lipinski definition) is 0. The van der Waals surface area contributed by atoms with Crippen molar-refractivity contribution in [3.63, 3.8) is 0 Å². The first-order valence-electron chi connectivity index (χ1n) is 8.76. The van der Waals surface area contributed by atoms with Crippen molar-refractivity contribution < 1.29 is 78.5 Å². The van der Waals surface area contributed by atoms with E-state index >= 15 is 0 Å². The summed E-state index contributed by atoms with van der Waals surface area (Å²) in [7, 11) is -12.2. The Morgan fingerprint density at radius 1 is 0.758 bits per heavy atom. The zero-order valence-corrected chi connectivity index (χ0v) is 22.1. The fourth-order valence-corrected chi connectivity index (χ4v) is 2.01. The van der Waals surface area contributed by atoms with Gasteiger partial charge in [-0.2, -0.15) is 49.6 Å². The van der Waals surface area contributed by atoms with E-state index in [-0.39, 0.29) is 26.2 Å². The number of halogens is 6. The monoisotopic (exact) mass is 602 g/mol. The van der Waals surface area contributed by atoms with E-state index in [4.69, 9.17) is 25.9 Å². The van der Waals surface area contributed by atoms with Crippen LogP contribution in [0.3, 0.4) is 0 Å². The minimum atomic E-state index is -6.09. The molecule has 190 valence electrons. The molecule has 0 atom stereocenters. The summed E-state index contributed by atoms with van der Waals surface area (Å²) in [5, 5.41) is 0. The van der Waals surface area contributed by atoms with E-state index < -0.39 is 31.3 Å². The first kappa shape index (κ1) is 36.8. The van der Waals surface area contributed by atoms with Crippen LogP contribution in [-0.2, 0) is 46.4 Å². The Morgan fingerprint density at radius 3 is 1.03 bits per heavy atom. The second-order valence-corrected chi connectivity index (χ2v) is 8.72. The van der Waals surface area contributed by atoms with Crippen molar-refractivity contribution in [2.24, 2.45) is 0 Å². The molecule has 0 unspecified atom stereocenters. The molecular formula is C18H22F6O6S2Zr-2. The number of hydrogen-bond acceptors (Lipinski definition) is 6. The largest absolute Gasteiger partial charge is 2.00 e. The third kappa shape index (κ3) is 15.7. The molecule has 0 saturated carbocycles. The van der Waals surface area contributed by atoms with Gasteiger partial charge in [0.25, 0.3) is 0 Å². The van der Waals surface area contributed by atoms with Crippen molar-refractivity contribution >= 4 is 20.2 Å². The van der Waals surface area contributed by atoms with E-state index in [2.05, 4.69) is 52.0 Å². The fourth-order valence-electron chi connectivity index (χ4n) is 2.01. The average molecular weight is 604 g/mol. The van der Waals surface area contributed by atoms with Gasteiger partial charge in [0, 0.05) is 0 Å². The molecule has 2 aliphatic carbocycles. The topological polar surface area (TPSA) is 114 Å². The molecule has 15 heteroatoms. The predicted molar refractivity (Wildman–Crippen MR) is 102 cm³/mol. The molecule has 0 radical (unpaired) electrons.